The third-order valence-electron chi connectivity index (χ3n) is 2.64. The van der Waals surface area contributed by atoms with E-state index in [0.29, 0.717) is 0 Å². The molecule has 1 atom stereocenters. The SMILES string of the molecule is COc1nc(NC2CC(=O)N(C)C2=O)nc(OC)n1. The summed E-state index contributed by atoms with van der Waals surface area (Å²) in [5.41, 5.74) is 0. The van der Waals surface area contributed by atoms with Crippen LogP contribution in [-0.4, -0.2) is 59.0 Å². The highest BCUT2D eigenvalue weighted by atomic mass is 16.5. The first kappa shape index (κ1) is 13.0. The van der Waals surface area contributed by atoms with Crippen LogP contribution < -0.4 is 14.8 Å². The third-order valence-corrected chi connectivity index (χ3v) is 2.64. The molecule has 2 rings (SSSR count). The van der Waals surface area contributed by atoms with Crippen molar-refractivity contribution >= 4 is 17.8 Å². The summed E-state index contributed by atoms with van der Waals surface area (Å²) in [7, 11) is 4.23. The number of methoxy groups -OCH3 is 2. The molecule has 2 heterocycles. The van der Waals surface area contributed by atoms with Crippen LogP contribution in [0.25, 0.3) is 0 Å². The van der Waals surface area contributed by atoms with Gasteiger partial charge in [-0.3, -0.25) is 14.5 Å². The average Bonchev–Trinajstić information content (AvgIpc) is 2.65. The molecule has 0 saturated carbocycles. The molecule has 2 amide bonds. The Morgan fingerprint density at radius 3 is 2.16 bits per heavy atom. The van der Waals surface area contributed by atoms with E-state index in [1.54, 1.807) is 0 Å². The van der Waals surface area contributed by atoms with Crippen molar-refractivity contribution in [1.82, 2.24) is 19.9 Å². The molecule has 1 aliphatic rings. The number of likely N-dealkylation sites (tertiary alicyclic amines) is 1. The summed E-state index contributed by atoms with van der Waals surface area (Å²) >= 11 is 0. The Bertz CT molecular complexity index is 498. The maximum absolute atomic E-state index is 11.7. The van der Waals surface area contributed by atoms with E-state index in [9.17, 15) is 9.59 Å². The van der Waals surface area contributed by atoms with Crippen LogP contribution in [-0.2, 0) is 9.59 Å². The number of likely N-dealkylation sites (N-methyl/N-ethyl adjacent to an activating group) is 1. The van der Waals surface area contributed by atoms with Crippen molar-refractivity contribution in [2.75, 3.05) is 26.6 Å². The van der Waals surface area contributed by atoms with Gasteiger partial charge in [-0.1, -0.05) is 0 Å². The Hall–Kier alpha value is -2.45. The minimum atomic E-state index is -0.686. The first-order valence-corrected chi connectivity index (χ1v) is 5.46. The summed E-state index contributed by atoms with van der Waals surface area (Å²) in [5.74, 6) is -0.469. The number of ether oxygens (including phenoxy) is 2. The molecular weight excluding hydrogens is 254 g/mol. The lowest BCUT2D eigenvalue weighted by molar-refractivity contribution is -0.136. The summed E-state index contributed by atoms with van der Waals surface area (Å²) in [5, 5.41) is 2.77. The molecule has 0 aliphatic carbocycles. The van der Waals surface area contributed by atoms with Gasteiger partial charge in [0, 0.05) is 7.05 Å². The van der Waals surface area contributed by atoms with Gasteiger partial charge in [-0.2, -0.15) is 9.97 Å². The van der Waals surface area contributed by atoms with Crippen LogP contribution in [0.5, 0.6) is 12.0 Å². The van der Waals surface area contributed by atoms with E-state index in [2.05, 4.69) is 20.3 Å². The van der Waals surface area contributed by atoms with Crippen molar-refractivity contribution in [3.8, 4) is 12.0 Å². The highest BCUT2D eigenvalue weighted by Gasteiger charge is 2.36. The molecule has 1 fully saturated rings. The molecule has 0 aromatic carbocycles. The molecule has 0 radical (unpaired) electrons. The van der Waals surface area contributed by atoms with Crippen molar-refractivity contribution < 1.29 is 19.1 Å². The Labute approximate surface area is 108 Å². The number of rotatable bonds is 4. The molecule has 1 unspecified atom stereocenters. The summed E-state index contributed by atoms with van der Waals surface area (Å²) in [6.07, 6.45) is 0.0612. The summed E-state index contributed by atoms with van der Waals surface area (Å²) in [6.45, 7) is 0. The number of hydrogen-bond acceptors (Lipinski definition) is 8. The van der Waals surface area contributed by atoms with Gasteiger partial charge >= 0.3 is 12.0 Å². The van der Waals surface area contributed by atoms with Crippen LogP contribution in [0.3, 0.4) is 0 Å². The van der Waals surface area contributed by atoms with E-state index in [0.717, 1.165) is 4.90 Å². The number of carbonyl (C=O) groups is 2. The smallest absolute Gasteiger partial charge is 0.324 e. The minimum absolute atomic E-state index is 0.0551. The first-order chi connectivity index (χ1) is 9.05. The summed E-state index contributed by atoms with van der Waals surface area (Å²) < 4.78 is 9.77. The predicted octanol–water partition coefficient (Wildman–Crippen LogP) is -0.942. The van der Waals surface area contributed by atoms with E-state index in [1.165, 1.54) is 21.3 Å². The molecule has 1 saturated heterocycles. The highest BCUT2D eigenvalue weighted by molar-refractivity contribution is 6.06. The van der Waals surface area contributed by atoms with Gasteiger partial charge in [0.25, 0.3) is 5.91 Å². The molecule has 1 aromatic heterocycles. The topological polar surface area (TPSA) is 107 Å². The Morgan fingerprint density at radius 1 is 1.16 bits per heavy atom. The van der Waals surface area contributed by atoms with Crippen LogP contribution >= 0.6 is 0 Å². The second-order valence-electron chi connectivity index (χ2n) is 3.82. The van der Waals surface area contributed by atoms with Gasteiger partial charge in [-0.25, -0.2) is 0 Å². The van der Waals surface area contributed by atoms with Crippen molar-refractivity contribution in [1.29, 1.82) is 0 Å². The lowest BCUT2D eigenvalue weighted by Crippen LogP contribution is -2.32. The van der Waals surface area contributed by atoms with Crippen LogP contribution in [0.1, 0.15) is 6.42 Å². The predicted molar refractivity (Wildman–Crippen MR) is 62.7 cm³/mol. The molecular formula is C10H13N5O4. The zero-order chi connectivity index (χ0) is 14.0. The van der Waals surface area contributed by atoms with E-state index < -0.39 is 6.04 Å². The zero-order valence-electron chi connectivity index (χ0n) is 10.7. The molecule has 0 bridgehead atoms. The second kappa shape index (κ2) is 5.04. The third kappa shape index (κ3) is 2.54. The van der Waals surface area contributed by atoms with Crippen molar-refractivity contribution in [2.45, 2.75) is 12.5 Å². The number of carbonyl (C=O) groups excluding carboxylic acids is 2. The van der Waals surface area contributed by atoms with Gasteiger partial charge < -0.3 is 14.8 Å². The molecule has 19 heavy (non-hydrogen) atoms. The largest absolute Gasteiger partial charge is 0.467 e. The van der Waals surface area contributed by atoms with Crippen molar-refractivity contribution in [2.24, 2.45) is 0 Å². The molecule has 1 aromatic rings. The number of hydrogen-bond donors (Lipinski definition) is 1. The fourth-order valence-corrected chi connectivity index (χ4v) is 1.61. The van der Waals surface area contributed by atoms with Crippen LogP contribution in [0, 0.1) is 0 Å². The van der Waals surface area contributed by atoms with Gasteiger partial charge in [0.05, 0.1) is 20.6 Å². The van der Waals surface area contributed by atoms with E-state index in [4.69, 9.17) is 9.47 Å². The fraction of sp³-hybridized carbons (Fsp3) is 0.500. The van der Waals surface area contributed by atoms with Gasteiger partial charge in [-0.05, 0) is 0 Å². The Balaban J connectivity index is 2.19. The molecule has 0 spiro atoms. The maximum Gasteiger partial charge on any atom is 0.324 e. The lowest BCUT2D eigenvalue weighted by atomic mass is 10.2. The number of anilines is 1. The van der Waals surface area contributed by atoms with Gasteiger partial charge in [-0.15, -0.1) is 4.98 Å². The summed E-state index contributed by atoms with van der Waals surface area (Å²) in [4.78, 5) is 35.9. The number of nitrogens with one attached hydrogen (secondary N) is 1. The number of nitrogens with zero attached hydrogens (tertiary/aromatic N) is 4. The van der Waals surface area contributed by atoms with E-state index in [1.807, 2.05) is 0 Å². The Morgan fingerprint density at radius 2 is 1.74 bits per heavy atom. The molecule has 102 valence electrons. The highest BCUT2D eigenvalue weighted by Crippen LogP contribution is 2.17. The standard InChI is InChI=1S/C10H13N5O4/c1-15-6(16)4-5(7(15)17)11-8-12-9(18-2)14-10(13-8)19-3/h5H,4H2,1-3H3,(H,11,12,13,14). The van der Waals surface area contributed by atoms with Gasteiger partial charge in [0.15, 0.2) is 0 Å². The molecule has 9 heteroatoms. The maximum atomic E-state index is 11.7. The zero-order valence-corrected chi connectivity index (χ0v) is 10.7. The number of aromatic nitrogens is 3. The fourth-order valence-electron chi connectivity index (χ4n) is 1.61. The van der Waals surface area contributed by atoms with Crippen LogP contribution in [0.2, 0.25) is 0 Å². The molecule has 1 aliphatic heterocycles. The number of amides is 2. The van der Waals surface area contributed by atoms with Crippen molar-refractivity contribution in [3.63, 3.8) is 0 Å². The monoisotopic (exact) mass is 267 g/mol. The minimum Gasteiger partial charge on any atom is -0.467 e. The Kier molecular flexibility index (Phi) is 3.45. The lowest BCUT2D eigenvalue weighted by Gasteiger charge is -2.11. The van der Waals surface area contributed by atoms with Crippen LogP contribution in [0.4, 0.5) is 5.95 Å². The first-order valence-electron chi connectivity index (χ1n) is 5.46. The van der Waals surface area contributed by atoms with Gasteiger partial charge in [0.2, 0.25) is 11.9 Å². The van der Waals surface area contributed by atoms with E-state index in [-0.39, 0.29) is 36.2 Å². The quantitative estimate of drug-likeness (QED) is 0.696. The van der Waals surface area contributed by atoms with Crippen LogP contribution in [0.15, 0.2) is 0 Å². The van der Waals surface area contributed by atoms with Gasteiger partial charge in [0.1, 0.15) is 6.04 Å². The number of imide groups is 1. The molecule has 1 N–H and O–H groups in total. The normalized spacial score (nSPS) is 18.7. The second-order valence-corrected chi connectivity index (χ2v) is 3.82. The molecule has 9 nitrogen and oxygen atoms in total. The summed E-state index contributed by atoms with van der Waals surface area (Å²) in [6, 6.07) is -0.576. The van der Waals surface area contributed by atoms with E-state index >= 15 is 0 Å². The van der Waals surface area contributed by atoms with Crippen molar-refractivity contribution in [3.05, 3.63) is 0 Å². The average molecular weight is 267 g/mol.